The van der Waals surface area contributed by atoms with E-state index in [1.165, 1.54) is 30.8 Å². The van der Waals surface area contributed by atoms with Crippen LogP contribution in [0.3, 0.4) is 0 Å². The lowest BCUT2D eigenvalue weighted by atomic mass is 10.0. The molecule has 0 amide bonds. The molecule has 1 unspecified atom stereocenters. The molecule has 1 aliphatic heterocycles. The first-order chi connectivity index (χ1) is 10.00. The smallest absolute Gasteiger partial charge is 0.123 e. The van der Waals surface area contributed by atoms with Crippen LogP contribution < -0.4 is 5.32 Å². The van der Waals surface area contributed by atoms with E-state index in [2.05, 4.69) is 35.8 Å². The summed E-state index contributed by atoms with van der Waals surface area (Å²) in [6.45, 7) is 8.14. The van der Waals surface area contributed by atoms with Crippen LogP contribution in [-0.4, -0.2) is 42.1 Å². The van der Waals surface area contributed by atoms with E-state index < -0.39 is 0 Å². The third-order valence-corrected chi connectivity index (χ3v) is 5.66. The SMILES string of the molecule is CNC(CCN1CCSC(C)(C)CC1)c1ccc(F)cc1. The highest BCUT2D eigenvalue weighted by Gasteiger charge is 2.23. The van der Waals surface area contributed by atoms with Gasteiger partial charge in [-0.3, -0.25) is 0 Å². The number of benzene rings is 1. The van der Waals surface area contributed by atoms with Crippen molar-refractivity contribution in [2.45, 2.75) is 37.5 Å². The number of hydrogen-bond donors (Lipinski definition) is 1. The molecule has 1 aliphatic rings. The Morgan fingerprint density at radius 1 is 1.29 bits per heavy atom. The molecule has 1 heterocycles. The van der Waals surface area contributed by atoms with Gasteiger partial charge in [0.2, 0.25) is 0 Å². The molecule has 2 nitrogen and oxygen atoms in total. The van der Waals surface area contributed by atoms with Crippen molar-refractivity contribution in [3.05, 3.63) is 35.6 Å². The molecule has 118 valence electrons. The van der Waals surface area contributed by atoms with Crippen LogP contribution in [0.1, 0.15) is 38.3 Å². The zero-order valence-electron chi connectivity index (χ0n) is 13.4. The van der Waals surface area contributed by atoms with E-state index in [0.717, 1.165) is 13.0 Å². The molecular weight excluding hydrogens is 283 g/mol. The first kappa shape index (κ1) is 16.8. The van der Waals surface area contributed by atoms with Crippen molar-refractivity contribution in [3.8, 4) is 0 Å². The van der Waals surface area contributed by atoms with E-state index in [1.807, 2.05) is 19.2 Å². The van der Waals surface area contributed by atoms with Crippen LogP contribution in [0.15, 0.2) is 24.3 Å². The summed E-state index contributed by atoms with van der Waals surface area (Å²) in [6, 6.07) is 7.17. The quantitative estimate of drug-likeness (QED) is 0.893. The summed E-state index contributed by atoms with van der Waals surface area (Å²) in [5.41, 5.74) is 1.17. The summed E-state index contributed by atoms with van der Waals surface area (Å²) in [6.07, 6.45) is 2.31. The van der Waals surface area contributed by atoms with Crippen molar-refractivity contribution in [1.29, 1.82) is 0 Å². The van der Waals surface area contributed by atoms with Gasteiger partial charge in [0.1, 0.15) is 5.82 Å². The second-order valence-electron chi connectivity index (χ2n) is 6.38. The Morgan fingerprint density at radius 3 is 2.67 bits per heavy atom. The maximum absolute atomic E-state index is 13.0. The molecule has 0 spiro atoms. The predicted molar refractivity (Wildman–Crippen MR) is 90.4 cm³/mol. The van der Waals surface area contributed by atoms with Crippen molar-refractivity contribution in [1.82, 2.24) is 10.2 Å². The molecule has 0 aromatic heterocycles. The van der Waals surface area contributed by atoms with Gasteiger partial charge in [-0.05, 0) is 50.7 Å². The van der Waals surface area contributed by atoms with Crippen molar-refractivity contribution in [2.75, 3.05) is 32.4 Å². The van der Waals surface area contributed by atoms with E-state index in [1.54, 1.807) is 12.1 Å². The second kappa shape index (κ2) is 7.61. The van der Waals surface area contributed by atoms with Crippen LogP contribution in [0, 0.1) is 5.82 Å². The van der Waals surface area contributed by atoms with Gasteiger partial charge in [-0.25, -0.2) is 4.39 Å². The molecule has 1 N–H and O–H groups in total. The predicted octanol–water partition coefficient (Wildman–Crippen LogP) is 3.69. The van der Waals surface area contributed by atoms with Crippen molar-refractivity contribution >= 4 is 11.8 Å². The number of nitrogens with zero attached hydrogens (tertiary/aromatic N) is 1. The fourth-order valence-corrected chi connectivity index (χ4v) is 3.91. The largest absolute Gasteiger partial charge is 0.313 e. The normalized spacial score (nSPS) is 21.0. The Balaban J connectivity index is 1.87. The highest BCUT2D eigenvalue weighted by Crippen LogP contribution is 2.31. The number of nitrogens with one attached hydrogen (secondary N) is 1. The van der Waals surface area contributed by atoms with E-state index in [4.69, 9.17) is 0 Å². The van der Waals surface area contributed by atoms with Gasteiger partial charge in [-0.1, -0.05) is 26.0 Å². The lowest BCUT2D eigenvalue weighted by Gasteiger charge is -2.24. The molecule has 1 aromatic rings. The van der Waals surface area contributed by atoms with Gasteiger partial charge in [0, 0.05) is 23.1 Å². The fraction of sp³-hybridized carbons (Fsp3) is 0.647. The molecule has 21 heavy (non-hydrogen) atoms. The number of halogens is 1. The molecule has 4 heteroatoms. The number of thioether (sulfide) groups is 1. The molecule has 1 fully saturated rings. The molecule has 0 radical (unpaired) electrons. The summed E-state index contributed by atoms with van der Waals surface area (Å²) in [5.74, 6) is 1.05. The van der Waals surface area contributed by atoms with E-state index in [9.17, 15) is 4.39 Å². The van der Waals surface area contributed by atoms with Crippen molar-refractivity contribution in [2.24, 2.45) is 0 Å². The molecule has 0 saturated carbocycles. The third kappa shape index (κ3) is 5.28. The maximum Gasteiger partial charge on any atom is 0.123 e. The summed E-state index contributed by atoms with van der Waals surface area (Å²) in [7, 11) is 1.98. The van der Waals surface area contributed by atoms with Crippen LogP contribution >= 0.6 is 11.8 Å². The van der Waals surface area contributed by atoms with E-state index in [0.29, 0.717) is 10.8 Å². The average molecular weight is 310 g/mol. The van der Waals surface area contributed by atoms with Crippen LogP contribution in [0.5, 0.6) is 0 Å². The number of hydrogen-bond acceptors (Lipinski definition) is 3. The molecule has 0 aliphatic carbocycles. The van der Waals surface area contributed by atoms with Crippen molar-refractivity contribution < 1.29 is 4.39 Å². The van der Waals surface area contributed by atoms with Gasteiger partial charge in [-0.15, -0.1) is 0 Å². The molecule has 2 rings (SSSR count). The first-order valence-electron chi connectivity index (χ1n) is 7.79. The van der Waals surface area contributed by atoms with Gasteiger partial charge in [0.05, 0.1) is 0 Å². The highest BCUT2D eigenvalue weighted by molar-refractivity contribution is 8.00. The van der Waals surface area contributed by atoms with Crippen LogP contribution in [0.4, 0.5) is 4.39 Å². The Kier molecular flexibility index (Phi) is 6.08. The Hall–Kier alpha value is -0.580. The molecule has 1 saturated heterocycles. The minimum atomic E-state index is -0.166. The lowest BCUT2D eigenvalue weighted by Crippen LogP contribution is -2.31. The van der Waals surface area contributed by atoms with Gasteiger partial charge in [0.15, 0.2) is 0 Å². The summed E-state index contributed by atoms with van der Waals surface area (Å²) in [5, 5.41) is 3.35. The third-order valence-electron chi connectivity index (χ3n) is 4.29. The highest BCUT2D eigenvalue weighted by atomic mass is 32.2. The topological polar surface area (TPSA) is 15.3 Å². The Labute approximate surface area is 132 Å². The van der Waals surface area contributed by atoms with Gasteiger partial charge >= 0.3 is 0 Å². The Morgan fingerprint density at radius 2 is 2.00 bits per heavy atom. The zero-order valence-corrected chi connectivity index (χ0v) is 14.2. The van der Waals surface area contributed by atoms with Crippen molar-refractivity contribution in [3.63, 3.8) is 0 Å². The van der Waals surface area contributed by atoms with Crippen LogP contribution in [0.25, 0.3) is 0 Å². The molecule has 1 aromatic carbocycles. The fourth-order valence-electron chi connectivity index (χ4n) is 2.77. The summed E-state index contributed by atoms with van der Waals surface area (Å²) < 4.78 is 13.4. The lowest BCUT2D eigenvalue weighted by molar-refractivity contribution is 0.268. The maximum atomic E-state index is 13.0. The summed E-state index contributed by atoms with van der Waals surface area (Å²) in [4.78, 5) is 2.57. The average Bonchev–Trinajstić information content (AvgIpc) is 2.62. The zero-order chi connectivity index (χ0) is 15.3. The molecular formula is C17H27FN2S. The standard InChI is InChI=1S/C17H27FN2S/c1-17(2)9-11-20(12-13-21-17)10-8-16(19-3)14-4-6-15(18)7-5-14/h4-7,16,19H,8-13H2,1-3H3. The van der Waals surface area contributed by atoms with E-state index in [-0.39, 0.29) is 5.82 Å². The first-order valence-corrected chi connectivity index (χ1v) is 8.78. The molecule has 1 atom stereocenters. The Bertz CT molecular complexity index is 433. The monoisotopic (exact) mass is 310 g/mol. The molecule has 0 bridgehead atoms. The van der Waals surface area contributed by atoms with Gasteiger partial charge in [0.25, 0.3) is 0 Å². The van der Waals surface area contributed by atoms with E-state index >= 15 is 0 Å². The second-order valence-corrected chi connectivity index (χ2v) is 8.18. The van der Waals surface area contributed by atoms with Gasteiger partial charge in [-0.2, -0.15) is 11.8 Å². The number of rotatable bonds is 5. The van der Waals surface area contributed by atoms with Crippen LogP contribution in [-0.2, 0) is 0 Å². The minimum Gasteiger partial charge on any atom is -0.313 e. The van der Waals surface area contributed by atoms with Crippen LogP contribution in [0.2, 0.25) is 0 Å². The minimum absolute atomic E-state index is 0.166. The van der Waals surface area contributed by atoms with Gasteiger partial charge < -0.3 is 10.2 Å². The summed E-state index contributed by atoms with van der Waals surface area (Å²) >= 11 is 2.08.